The summed E-state index contributed by atoms with van der Waals surface area (Å²) >= 11 is 0. The fourth-order valence-electron chi connectivity index (χ4n) is 1.84. The maximum Gasteiger partial charge on any atom is 0.138 e. The topological polar surface area (TPSA) is 53.6 Å². The van der Waals surface area contributed by atoms with Gasteiger partial charge < -0.3 is 5.32 Å². The Morgan fingerprint density at radius 3 is 2.53 bits per heavy atom. The SMILES string of the molecule is Cc1cc(C)c(CNCc2ncn[nH]2)cc1C. The quantitative estimate of drug-likeness (QED) is 0.845. The van der Waals surface area contributed by atoms with Gasteiger partial charge in [0.05, 0.1) is 6.54 Å². The average Bonchev–Trinajstić information content (AvgIpc) is 2.78. The number of benzene rings is 1. The number of aromatic amines is 1. The van der Waals surface area contributed by atoms with Crippen molar-refractivity contribution in [3.05, 3.63) is 46.5 Å². The minimum Gasteiger partial charge on any atom is -0.306 e. The van der Waals surface area contributed by atoms with Gasteiger partial charge >= 0.3 is 0 Å². The predicted molar refractivity (Wildman–Crippen MR) is 67.6 cm³/mol. The van der Waals surface area contributed by atoms with E-state index in [1.54, 1.807) is 0 Å². The number of nitrogens with zero attached hydrogens (tertiary/aromatic N) is 2. The Labute approximate surface area is 101 Å². The molecule has 4 nitrogen and oxygen atoms in total. The van der Waals surface area contributed by atoms with Crippen LogP contribution in [0.3, 0.4) is 0 Å². The van der Waals surface area contributed by atoms with Crippen molar-refractivity contribution in [1.29, 1.82) is 0 Å². The summed E-state index contributed by atoms with van der Waals surface area (Å²) in [7, 11) is 0. The third-order valence-electron chi connectivity index (χ3n) is 3.03. The Kier molecular flexibility index (Phi) is 3.54. The van der Waals surface area contributed by atoms with Crippen molar-refractivity contribution in [2.45, 2.75) is 33.9 Å². The molecule has 17 heavy (non-hydrogen) atoms. The number of H-pyrrole nitrogens is 1. The molecule has 0 radical (unpaired) electrons. The van der Waals surface area contributed by atoms with Crippen LogP contribution in [-0.4, -0.2) is 15.2 Å². The molecule has 0 aliphatic rings. The number of nitrogens with one attached hydrogen (secondary N) is 2. The highest BCUT2D eigenvalue weighted by Crippen LogP contribution is 2.15. The van der Waals surface area contributed by atoms with Crippen molar-refractivity contribution in [3.8, 4) is 0 Å². The number of hydrogen-bond donors (Lipinski definition) is 2. The second kappa shape index (κ2) is 5.10. The fourth-order valence-corrected chi connectivity index (χ4v) is 1.84. The molecule has 0 amide bonds. The molecule has 2 aromatic rings. The molecular weight excluding hydrogens is 212 g/mol. The Morgan fingerprint density at radius 1 is 1.06 bits per heavy atom. The van der Waals surface area contributed by atoms with Crippen molar-refractivity contribution >= 4 is 0 Å². The van der Waals surface area contributed by atoms with E-state index in [2.05, 4.69) is 53.4 Å². The van der Waals surface area contributed by atoms with Gasteiger partial charge in [-0.25, -0.2) is 4.98 Å². The minimum atomic E-state index is 0.715. The van der Waals surface area contributed by atoms with Crippen LogP contribution in [0, 0.1) is 20.8 Å². The lowest BCUT2D eigenvalue weighted by molar-refractivity contribution is 0.662. The lowest BCUT2D eigenvalue weighted by Gasteiger charge is -2.10. The molecule has 1 aromatic heterocycles. The summed E-state index contributed by atoms with van der Waals surface area (Å²) in [6.45, 7) is 8.01. The van der Waals surface area contributed by atoms with Gasteiger partial charge in [-0.2, -0.15) is 5.10 Å². The van der Waals surface area contributed by atoms with Gasteiger partial charge in [-0.3, -0.25) is 5.10 Å². The number of rotatable bonds is 4. The van der Waals surface area contributed by atoms with E-state index >= 15 is 0 Å². The van der Waals surface area contributed by atoms with Crippen LogP contribution in [0.15, 0.2) is 18.5 Å². The first kappa shape index (κ1) is 11.8. The molecule has 0 atom stereocenters. The van der Waals surface area contributed by atoms with Crippen molar-refractivity contribution in [3.63, 3.8) is 0 Å². The van der Waals surface area contributed by atoms with Gasteiger partial charge in [0.1, 0.15) is 12.2 Å². The monoisotopic (exact) mass is 230 g/mol. The molecule has 0 bridgehead atoms. The summed E-state index contributed by atoms with van der Waals surface area (Å²) in [5, 5.41) is 10.0. The normalized spacial score (nSPS) is 10.8. The smallest absolute Gasteiger partial charge is 0.138 e. The van der Waals surface area contributed by atoms with E-state index in [-0.39, 0.29) is 0 Å². The Hall–Kier alpha value is -1.68. The fraction of sp³-hybridized carbons (Fsp3) is 0.385. The first-order valence-corrected chi connectivity index (χ1v) is 5.78. The summed E-state index contributed by atoms with van der Waals surface area (Å²) in [4.78, 5) is 4.07. The number of hydrogen-bond acceptors (Lipinski definition) is 3. The van der Waals surface area contributed by atoms with Crippen molar-refractivity contribution in [2.75, 3.05) is 0 Å². The summed E-state index contributed by atoms with van der Waals surface area (Å²) in [6.07, 6.45) is 1.53. The van der Waals surface area contributed by atoms with Gasteiger partial charge in [0.2, 0.25) is 0 Å². The summed E-state index contributed by atoms with van der Waals surface area (Å²) in [6, 6.07) is 4.48. The van der Waals surface area contributed by atoms with Crippen LogP contribution in [0.4, 0.5) is 0 Å². The zero-order chi connectivity index (χ0) is 12.3. The molecule has 1 heterocycles. The Morgan fingerprint density at radius 2 is 1.82 bits per heavy atom. The van der Waals surface area contributed by atoms with Gasteiger partial charge in [0.15, 0.2) is 0 Å². The van der Waals surface area contributed by atoms with Crippen LogP contribution < -0.4 is 5.32 Å². The first-order chi connectivity index (χ1) is 8.16. The van der Waals surface area contributed by atoms with E-state index < -0.39 is 0 Å². The highest BCUT2D eigenvalue weighted by Gasteiger charge is 2.02. The van der Waals surface area contributed by atoms with Crippen LogP contribution in [0.25, 0.3) is 0 Å². The Bertz CT molecular complexity index is 488. The van der Waals surface area contributed by atoms with Crippen LogP contribution in [-0.2, 0) is 13.1 Å². The molecule has 2 rings (SSSR count). The molecule has 0 spiro atoms. The molecule has 0 aliphatic heterocycles. The van der Waals surface area contributed by atoms with Crippen LogP contribution in [0.2, 0.25) is 0 Å². The number of aryl methyl sites for hydroxylation is 3. The molecule has 90 valence electrons. The average molecular weight is 230 g/mol. The first-order valence-electron chi connectivity index (χ1n) is 5.78. The summed E-state index contributed by atoms with van der Waals surface area (Å²) < 4.78 is 0. The largest absolute Gasteiger partial charge is 0.306 e. The lowest BCUT2D eigenvalue weighted by Crippen LogP contribution is -2.14. The van der Waals surface area contributed by atoms with E-state index in [0.717, 1.165) is 12.4 Å². The van der Waals surface area contributed by atoms with E-state index in [0.29, 0.717) is 6.54 Å². The molecule has 4 heteroatoms. The van der Waals surface area contributed by atoms with Crippen LogP contribution >= 0.6 is 0 Å². The van der Waals surface area contributed by atoms with Gasteiger partial charge in [0.25, 0.3) is 0 Å². The zero-order valence-electron chi connectivity index (χ0n) is 10.5. The zero-order valence-corrected chi connectivity index (χ0v) is 10.5. The van der Waals surface area contributed by atoms with E-state index in [4.69, 9.17) is 0 Å². The Balaban J connectivity index is 1.97. The van der Waals surface area contributed by atoms with Crippen LogP contribution in [0.5, 0.6) is 0 Å². The lowest BCUT2D eigenvalue weighted by atomic mass is 10.0. The molecule has 0 fully saturated rings. The van der Waals surface area contributed by atoms with Crippen molar-refractivity contribution < 1.29 is 0 Å². The van der Waals surface area contributed by atoms with Gasteiger partial charge in [-0.1, -0.05) is 12.1 Å². The molecule has 0 aliphatic carbocycles. The summed E-state index contributed by atoms with van der Waals surface area (Å²) in [5.74, 6) is 0.867. The second-order valence-corrected chi connectivity index (χ2v) is 4.40. The molecule has 0 saturated heterocycles. The van der Waals surface area contributed by atoms with Gasteiger partial charge in [-0.15, -0.1) is 0 Å². The van der Waals surface area contributed by atoms with E-state index in [1.165, 1.54) is 28.6 Å². The molecule has 2 N–H and O–H groups in total. The van der Waals surface area contributed by atoms with Crippen molar-refractivity contribution in [2.24, 2.45) is 0 Å². The minimum absolute atomic E-state index is 0.715. The van der Waals surface area contributed by atoms with Crippen molar-refractivity contribution in [1.82, 2.24) is 20.5 Å². The third-order valence-corrected chi connectivity index (χ3v) is 3.03. The molecule has 0 unspecified atom stereocenters. The van der Waals surface area contributed by atoms with Gasteiger partial charge in [-0.05, 0) is 43.0 Å². The highest BCUT2D eigenvalue weighted by atomic mass is 15.2. The molecule has 1 aromatic carbocycles. The van der Waals surface area contributed by atoms with Crippen LogP contribution in [0.1, 0.15) is 28.1 Å². The standard InChI is InChI=1S/C13H18N4/c1-9-4-11(3)12(5-10(9)2)6-14-7-13-15-8-16-17-13/h4-5,8,14H,6-7H2,1-3H3,(H,15,16,17). The second-order valence-electron chi connectivity index (χ2n) is 4.40. The van der Waals surface area contributed by atoms with Gasteiger partial charge in [0, 0.05) is 6.54 Å². The van der Waals surface area contributed by atoms with E-state index in [9.17, 15) is 0 Å². The molecule has 0 saturated carbocycles. The molecular formula is C13H18N4. The highest BCUT2D eigenvalue weighted by molar-refractivity contribution is 5.36. The summed E-state index contributed by atoms with van der Waals surface area (Å²) in [5.41, 5.74) is 5.36. The van der Waals surface area contributed by atoms with E-state index in [1.807, 2.05) is 0 Å². The third kappa shape index (κ3) is 2.91. The maximum atomic E-state index is 4.07. The number of aromatic nitrogens is 3. The predicted octanol–water partition coefficient (Wildman–Crippen LogP) is 2.02. The maximum absolute atomic E-state index is 4.07.